The lowest BCUT2D eigenvalue weighted by atomic mass is 10.1. The second-order valence-electron chi connectivity index (χ2n) is 3.63. The molecule has 0 bridgehead atoms. The minimum Gasteiger partial charge on any atom is -0.394 e. The predicted octanol–water partition coefficient (Wildman–Crippen LogP) is 0.999. The first kappa shape index (κ1) is 14.1. The van der Waals surface area contributed by atoms with Crippen LogP contribution in [0.1, 0.15) is 18.0 Å². The minimum absolute atomic E-state index is 0.0394. The molecule has 1 unspecified atom stereocenters. The zero-order valence-corrected chi connectivity index (χ0v) is 10.2. The van der Waals surface area contributed by atoms with Crippen molar-refractivity contribution in [2.24, 2.45) is 0 Å². The zero-order chi connectivity index (χ0) is 12.7. The van der Waals surface area contributed by atoms with Crippen LogP contribution in [0.4, 0.5) is 4.39 Å². The summed E-state index contributed by atoms with van der Waals surface area (Å²) in [7, 11) is -3.55. The van der Waals surface area contributed by atoms with Gasteiger partial charge in [-0.05, 0) is 12.0 Å². The molecular weight excluding hydrogens is 245 g/mol. The lowest BCUT2D eigenvalue weighted by Crippen LogP contribution is -2.32. The van der Waals surface area contributed by atoms with E-state index in [1.807, 2.05) is 0 Å². The average molecular weight is 261 g/mol. The van der Waals surface area contributed by atoms with Crippen LogP contribution in [0.5, 0.6) is 0 Å². The molecule has 0 saturated carbocycles. The summed E-state index contributed by atoms with van der Waals surface area (Å²) in [5.74, 6) is -0.271. The summed E-state index contributed by atoms with van der Waals surface area (Å²) in [4.78, 5) is 0. The molecule has 1 aromatic carbocycles. The maximum Gasteiger partial charge on any atom is 0.212 e. The number of alkyl halides is 1. The topological polar surface area (TPSA) is 66.4 Å². The second kappa shape index (κ2) is 6.68. The summed E-state index contributed by atoms with van der Waals surface area (Å²) >= 11 is 0. The molecular formula is C11H16FNO3S. The third-order valence-electron chi connectivity index (χ3n) is 2.25. The first-order valence-electron chi connectivity index (χ1n) is 5.31. The standard InChI is InChI=1S/C11H16FNO3S/c12-7-4-8-17(15,16)13-11(9-14)10-5-2-1-3-6-10/h1-3,5-6,11,13-14H,4,7-9H2. The highest BCUT2D eigenvalue weighted by atomic mass is 32.2. The molecule has 1 atom stereocenters. The maximum absolute atomic E-state index is 11.9. The number of benzene rings is 1. The molecule has 0 spiro atoms. The van der Waals surface area contributed by atoms with E-state index in [4.69, 9.17) is 5.11 Å². The molecule has 0 heterocycles. The molecule has 0 saturated heterocycles. The summed E-state index contributed by atoms with van der Waals surface area (Å²) in [6.45, 7) is -1.01. The van der Waals surface area contributed by atoms with Gasteiger partial charge in [-0.3, -0.25) is 4.39 Å². The molecule has 1 aromatic rings. The van der Waals surface area contributed by atoms with Crippen molar-refractivity contribution >= 4 is 10.0 Å². The SMILES string of the molecule is O=S(=O)(CCCF)NC(CO)c1ccccc1. The van der Waals surface area contributed by atoms with Gasteiger partial charge in [0.15, 0.2) is 0 Å². The Hall–Kier alpha value is -0.980. The number of halogens is 1. The van der Waals surface area contributed by atoms with Crippen molar-refractivity contribution in [2.75, 3.05) is 19.0 Å². The fraction of sp³-hybridized carbons (Fsp3) is 0.455. The number of sulfonamides is 1. The summed E-state index contributed by atoms with van der Waals surface area (Å²) in [5.41, 5.74) is 0.679. The Morgan fingerprint density at radius 3 is 2.47 bits per heavy atom. The highest BCUT2D eigenvalue weighted by Gasteiger charge is 2.18. The summed E-state index contributed by atoms with van der Waals surface area (Å²) in [6.07, 6.45) is -0.0394. The lowest BCUT2D eigenvalue weighted by molar-refractivity contribution is 0.259. The van der Waals surface area contributed by atoms with E-state index in [1.54, 1.807) is 30.3 Å². The first-order valence-corrected chi connectivity index (χ1v) is 6.96. The van der Waals surface area contributed by atoms with Crippen LogP contribution in [0.25, 0.3) is 0 Å². The van der Waals surface area contributed by atoms with Crippen LogP contribution in [0.15, 0.2) is 30.3 Å². The van der Waals surface area contributed by atoms with Gasteiger partial charge in [-0.25, -0.2) is 13.1 Å². The normalized spacial score (nSPS) is 13.5. The Morgan fingerprint density at radius 1 is 1.29 bits per heavy atom. The molecule has 2 N–H and O–H groups in total. The Kier molecular flexibility index (Phi) is 5.54. The number of hydrogen-bond acceptors (Lipinski definition) is 3. The summed E-state index contributed by atoms with van der Waals surface area (Å²) < 4.78 is 37.4. The largest absolute Gasteiger partial charge is 0.394 e. The van der Waals surface area contributed by atoms with Crippen molar-refractivity contribution in [3.8, 4) is 0 Å². The Labute approximate surface area is 101 Å². The summed E-state index contributed by atoms with van der Waals surface area (Å²) in [5, 5.41) is 9.17. The first-order chi connectivity index (χ1) is 8.09. The zero-order valence-electron chi connectivity index (χ0n) is 9.34. The molecule has 17 heavy (non-hydrogen) atoms. The van der Waals surface area contributed by atoms with Crippen molar-refractivity contribution < 1.29 is 17.9 Å². The fourth-order valence-electron chi connectivity index (χ4n) is 1.42. The molecule has 0 aliphatic carbocycles. The van der Waals surface area contributed by atoms with Crippen molar-refractivity contribution in [2.45, 2.75) is 12.5 Å². The number of nitrogens with one attached hydrogen (secondary N) is 1. The number of hydrogen-bond donors (Lipinski definition) is 2. The van der Waals surface area contributed by atoms with Gasteiger partial charge in [0.05, 0.1) is 25.1 Å². The van der Waals surface area contributed by atoms with Gasteiger partial charge in [0.25, 0.3) is 0 Å². The fourth-order valence-corrected chi connectivity index (χ4v) is 2.67. The molecule has 4 nitrogen and oxygen atoms in total. The lowest BCUT2D eigenvalue weighted by Gasteiger charge is -2.16. The molecule has 1 rings (SSSR count). The predicted molar refractivity (Wildman–Crippen MR) is 63.8 cm³/mol. The minimum atomic E-state index is -3.55. The molecule has 0 radical (unpaired) electrons. The Bertz CT molecular complexity index is 422. The van der Waals surface area contributed by atoms with Crippen LogP contribution in [-0.2, 0) is 10.0 Å². The quantitative estimate of drug-likeness (QED) is 0.769. The van der Waals surface area contributed by atoms with Crippen LogP contribution in [0.3, 0.4) is 0 Å². The van der Waals surface area contributed by atoms with E-state index < -0.39 is 22.7 Å². The highest BCUT2D eigenvalue weighted by molar-refractivity contribution is 7.89. The van der Waals surface area contributed by atoms with Gasteiger partial charge < -0.3 is 5.11 Å². The van der Waals surface area contributed by atoms with E-state index >= 15 is 0 Å². The third-order valence-corrected chi connectivity index (χ3v) is 3.72. The highest BCUT2D eigenvalue weighted by Crippen LogP contribution is 2.13. The van der Waals surface area contributed by atoms with Crippen molar-refractivity contribution in [1.82, 2.24) is 4.72 Å². The van der Waals surface area contributed by atoms with Gasteiger partial charge in [0.1, 0.15) is 0 Å². The Morgan fingerprint density at radius 2 is 1.94 bits per heavy atom. The van der Waals surface area contributed by atoms with Crippen LogP contribution >= 0.6 is 0 Å². The van der Waals surface area contributed by atoms with Crippen LogP contribution < -0.4 is 4.72 Å². The van der Waals surface area contributed by atoms with E-state index in [0.717, 1.165) is 0 Å². The van der Waals surface area contributed by atoms with E-state index in [-0.39, 0.29) is 18.8 Å². The molecule has 0 aromatic heterocycles. The van der Waals surface area contributed by atoms with Gasteiger partial charge in [-0.1, -0.05) is 30.3 Å². The van der Waals surface area contributed by atoms with Gasteiger partial charge >= 0.3 is 0 Å². The van der Waals surface area contributed by atoms with E-state index in [0.29, 0.717) is 5.56 Å². The van der Waals surface area contributed by atoms with E-state index in [1.165, 1.54) is 0 Å². The third kappa shape index (κ3) is 4.80. The number of aliphatic hydroxyl groups excluding tert-OH is 1. The van der Waals surface area contributed by atoms with Crippen LogP contribution in [0.2, 0.25) is 0 Å². The monoisotopic (exact) mass is 261 g/mol. The smallest absolute Gasteiger partial charge is 0.212 e. The van der Waals surface area contributed by atoms with Crippen molar-refractivity contribution in [3.63, 3.8) is 0 Å². The number of aliphatic hydroxyl groups is 1. The van der Waals surface area contributed by atoms with E-state index in [2.05, 4.69) is 4.72 Å². The number of rotatable bonds is 7. The van der Waals surface area contributed by atoms with Gasteiger partial charge in [-0.15, -0.1) is 0 Å². The molecule has 6 heteroatoms. The average Bonchev–Trinajstić information content (AvgIpc) is 2.35. The van der Waals surface area contributed by atoms with Crippen LogP contribution in [0, 0.1) is 0 Å². The molecule has 0 aliphatic heterocycles. The van der Waals surface area contributed by atoms with Crippen LogP contribution in [-0.4, -0.2) is 32.6 Å². The second-order valence-corrected chi connectivity index (χ2v) is 5.50. The molecule has 0 aliphatic rings. The van der Waals surface area contributed by atoms with E-state index in [9.17, 15) is 12.8 Å². The molecule has 96 valence electrons. The van der Waals surface area contributed by atoms with Gasteiger partial charge in [0.2, 0.25) is 10.0 Å². The summed E-state index contributed by atoms with van der Waals surface area (Å²) in [6, 6.07) is 8.08. The molecule has 0 fully saturated rings. The van der Waals surface area contributed by atoms with Crippen molar-refractivity contribution in [1.29, 1.82) is 0 Å². The molecule has 0 amide bonds. The van der Waals surface area contributed by atoms with Crippen molar-refractivity contribution in [3.05, 3.63) is 35.9 Å². The Balaban J connectivity index is 2.71. The van der Waals surface area contributed by atoms with Gasteiger partial charge in [0, 0.05) is 0 Å². The maximum atomic E-state index is 11.9. The van der Waals surface area contributed by atoms with Gasteiger partial charge in [-0.2, -0.15) is 0 Å².